The monoisotopic (exact) mass is 348 g/mol. The number of hydrogen-bond acceptors (Lipinski definition) is 3. The topological polar surface area (TPSA) is 59.8 Å². The number of rotatable bonds is 4. The van der Waals surface area contributed by atoms with Crippen LogP contribution in [-0.2, 0) is 23.9 Å². The molecule has 25 heavy (non-hydrogen) atoms. The molecule has 8 heteroatoms. The van der Waals surface area contributed by atoms with Crippen LogP contribution in [0.2, 0.25) is 0 Å². The lowest BCUT2D eigenvalue weighted by molar-refractivity contribution is -0.137. The number of amides is 1. The first-order chi connectivity index (χ1) is 11.9. The van der Waals surface area contributed by atoms with E-state index in [1.165, 1.54) is 6.07 Å². The van der Waals surface area contributed by atoms with Gasteiger partial charge in [0.2, 0.25) is 5.91 Å². The van der Waals surface area contributed by atoms with Crippen molar-refractivity contribution >= 4 is 16.8 Å². The zero-order valence-electron chi connectivity index (χ0n) is 13.3. The van der Waals surface area contributed by atoms with E-state index in [2.05, 4.69) is 15.4 Å². The smallest absolute Gasteiger partial charge is 0.359 e. The zero-order valence-corrected chi connectivity index (χ0v) is 13.3. The van der Waals surface area contributed by atoms with Gasteiger partial charge in [0.25, 0.3) is 0 Å². The molecule has 0 aliphatic heterocycles. The Hall–Kier alpha value is -2.90. The number of halogens is 3. The number of carbonyl (C=O) groups excluding carboxylic acids is 1. The van der Waals surface area contributed by atoms with Crippen molar-refractivity contribution in [3.8, 4) is 0 Å². The summed E-state index contributed by atoms with van der Waals surface area (Å²) >= 11 is 0. The molecule has 0 aliphatic carbocycles. The fraction of sp³-hybridized carbons (Fsp3) is 0.235. The van der Waals surface area contributed by atoms with Crippen molar-refractivity contribution in [3.05, 3.63) is 59.5 Å². The number of benzene rings is 1. The minimum absolute atomic E-state index is 0.114. The lowest BCUT2D eigenvalue weighted by atomic mass is 10.1. The van der Waals surface area contributed by atoms with Gasteiger partial charge in [-0.05, 0) is 23.8 Å². The first kappa shape index (κ1) is 16.9. The molecule has 0 fully saturated rings. The highest BCUT2D eigenvalue weighted by Crippen LogP contribution is 2.29. The van der Waals surface area contributed by atoms with Crippen LogP contribution in [0, 0.1) is 0 Å². The van der Waals surface area contributed by atoms with Crippen LogP contribution in [0.3, 0.4) is 0 Å². The average Bonchev–Trinajstić information content (AvgIpc) is 2.97. The third-order valence-corrected chi connectivity index (χ3v) is 3.77. The van der Waals surface area contributed by atoms with E-state index < -0.39 is 11.7 Å². The molecular formula is C17H15F3N4O. The summed E-state index contributed by atoms with van der Waals surface area (Å²) in [4.78, 5) is 15.8. The number of fused-ring (bicyclic) bond motifs is 1. The van der Waals surface area contributed by atoms with Gasteiger partial charge in [-0.2, -0.15) is 18.3 Å². The van der Waals surface area contributed by atoms with Crippen LogP contribution in [0.25, 0.3) is 10.9 Å². The molecule has 1 N–H and O–H groups in total. The van der Waals surface area contributed by atoms with Gasteiger partial charge in [0.1, 0.15) is 0 Å². The van der Waals surface area contributed by atoms with Gasteiger partial charge in [0.15, 0.2) is 0 Å². The fourth-order valence-electron chi connectivity index (χ4n) is 2.54. The summed E-state index contributed by atoms with van der Waals surface area (Å²) in [6, 6.07) is 6.83. The first-order valence-corrected chi connectivity index (χ1v) is 7.54. The lowest BCUT2D eigenvalue weighted by Crippen LogP contribution is -2.20. The SMILES string of the molecule is CNC(=O)Cc1nccc2nn(Cc3cccc(C(F)(F)F)c3)cc12. The number of alkyl halides is 3. The summed E-state index contributed by atoms with van der Waals surface area (Å²) in [5.41, 5.74) is 1.01. The molecular weight excluding hydrogens is 333 g/mol. The highest BCUT2D eigenvalue weighted by molar-refractivity contribution is 5.86. The predicted molar refractivity (Wildman–Crippen MR) is 85.8 cm³/mol. The maximum absolute atomic E-state index is 12.8. The Morgan fingerprint density at radius 1 is 1.28 bits per heavy atom. The van der Waals surface area contributed by atoms with Gasteiger partial charge >= 0.3 is 6.18 Å². The zero-order chi connectivity index (χ0) is 18.0. The molecule has 0 unspecified atom stereocenters. The predicted octanol–water partition coefficient (Wildman–Crippen LogP) is 2.79. The third-order valence-electron chi connectivity index (χ3n) is 3.77. The molecule has 0 atom stereocenters. The van der Waals surface area contributed by atoms with E-state index in [-0.39, 0.29) is 18.9 Å². The molecule has 3 rings (SSSR count). The summed E-state index contributed by atoms with van der Waals surface area (Å²) < 4.78 is 40.0. The lowest BCUT2D eigenvalue weighted by Gasteiger charge is -2.08. The Balaban J connectivity index is 1.90. The standard InChI is InChI=1S/C17H15F3N4O/c1-21-16(25)8-15-13-10-24(23-14(13)5-6-22-15)9-11-3-2-4-12(7-11)17(18,19)20/h2-7,10H,8-9H2,1H3,(H,21,25). The number of nitrogens with zero attached hydrogens (tertiary/aromatic N) is 3. The summed E-state index contributed by atoms with van der Waals surface area (Å²) in [5, 5.41) is 7.60. The maximum Gasteiger partial charge on any atom is 0.416 e. The highest BCUT2D eigenvalue weighted by atomic mass is 19.4. The number of carbonyl (C=O) groups is 1. The van der Waals surface area contributed by atoms with Crippen LogP contribution in [0.15, 0.2) is 42.7 Å². The van der Waals surface area contributed by atoms with E-state index >= 15 is 0 Å². The first-order valence-electron chi connectivity index (χ1n) is 7.54. The Kier molecular flexibility index (Phi) is 4.43. The second-order valence-electron chi connectivity index (χ2n) is 5.57. The second-order valence-corrected chi connectivity index (χ2v) is 5.57. The number of pyridine rings is 1. The van der Waals surface area contributed by atoms with E-state index in [1.54, 1.807) is 36.3 Å². The molecule has 2 aromatic heterocycles. The Morgan fingerprint density at radius 3 is 2.80 bits per heavy atom. The molecule has 0 bridgehead atoms. The Labute approximate surface area is 141 Å². The van der Waals surface area contributed by atoms with E-state index in [1.807, 2.05) is 0 Å². The third kappa shape index (κ3) is 3.78. The van der Waals surface area contributed by atoms with E-state index in [9.17, 15) is 18.0 Å². The molecule has 1 aromatic carbocycles. The molecule has 0 saturated heterocycles. The number of likely N-dealkylation sites (N-methyl/N-ethyl adjacent to an activating group) is 1. The molecule has 5 nitrogen and oxygen atoms in total. The summed E-state index contributed by atoms with van der Waals surface area (Å²) in [6.45, 7) is 0.192. The molecule has 0 radical (unpaired) electrons. The molecule has 2 heterocycles. The van der Waals surface area contributed by atoms with Crippen molar-refractivity contribution in [1.29, 1.82) is 0 Å². The number of hydrogen-bond donors (Lipinski definition) is 1. The minimum atomic E-state index is -4.38. The largest absolute Gasteiger partial charge is 0.416 e. The van der Waals surface area contributed by atoms with Gasteiger partial charge in [-0.3, -0.25) is 14.5 Å². The summed E-state index contributed by atoms with van der Waals surface area (Å²) in [7, 11) is 1.54. The van der Waals surface area contributed by atoms with Gasteiger partial charge in [0, 0.05) is 24.8 Å². The number of aromatic nitrogens is 3. The quantitative estimate of drug-likeness (QED) is 0.789. The minimum Gasteiger partial charge on any atom is -0.359 e. The fourth-order valence-corrected chi connectivity index (χ4v) is 2.54. The van der Waals surface area contributed by atoms with Crippen LogP contribution in [0.5, 0.6) is 0 Å². The van der Waals surface area contributed by atoms with Gasteiger partial charge in [0.05, 0.1) is 29.7 Å². The second kappa shape index (κ2) is 6.54. The molecule has 1 amide bonds. The normalized spacial score (nSPS) is 11.7. The Bertz CT molecular complexity index is 918. The van der Waals surface area contributed by atoms with Crippen molar-refractivity contribution in [2.75, 3.05) is 7.05 Å². The number of nitrogens with one attached hydrogen (secondary N) is 1. The van der Waals surface area contributed by atoms with E-state index in [0.717, 1.165) is 12.1 Å². The molecule has 0 spiro atoms. The van der Waals surface area contributed by atoms with Gasteiger partial charge in [-0.15, -0.1) is 0 Å². The van der Waals surface area contributed by atoms with E-state index in [0.29, 0.717) is 22.2 Å². The summed E-state index contributed by atoms with van der Waals surface area (Å²) in [6.07, 6.45) is -1.01. The van der Waals surface area contributed by atoms with Gasteiger partial charge < -0.3 is 5.32 Å². The van der Waals surface area contributed by atoms with Crippen LogP contribution in [0.4, 0.5) is 13.2 Å². The van der Waals surface area contributed by atoms with Gasteiger partial charge in [-0.1, -0.05) is 12.1 Å². The Morgan fingerprint density at radius 2 is 2.08 bits per heavy atom. The van der Waals surface area contributed by atoms with Crippen LogP contribution < -0.4 is 5.32 Å². The molecule has 0 saturated carbocycles. The van der Waals surface area contributed by atoms with Gasteiger partial charge in [-0.25, -0.2) is 0 Å². The maximum atomic E-state index is 12.8. The average molecular weight is 348 g/mol. The van der Waals surface area contributed by atoms with Crippen LogP contribution in [0.1, 0.15) is 16.8 Å². The highest BCUT2D eigenvalue weighted by Gasteiger charge is 2.30. The van der Waals surface area contributed by atoms with E-state index in [4.69, 9.17) is 0 Å². The summed E-state index contributed by atoms with van der Waals surface area (Å²) in [5.74, 6) is -0.175. The van der Waals surface area contributed by atoms with Crippen molar-refractivity contribution in [1.82, 2.24) is 20.1 Å². The van der Waals surface area contributed by atoms with Crippen molar-refractivity contribution < 1.29 is 18.0 Å². The van der Waals surface area contributed by atoms with Crippen LogP contribution in [-0.4, -0.2) is 27.7 Å². The van der Waals surface area contributed by atoms with Crippen molar-refractivity contribution in [2.45, 2.75) is 19.1 Å². The van der Waals surface area contributed by atoms with Crippen molar-refractivity contribution in [3.63, 3.8) is 0 Å². The molecule has 130 valence electrons. The van der Waals surface area contributed by atoms with Crippen molar-refractivity contribution in [2.24, 2.45) is 0 Å². The van der Waals surface area contributed by atoms with Crippen LogP contribution >= 0.6 is 0 Å². The molecule has 3 aromatic rings. The molecule has 0 aliphatic rings.